The average Bonchev–Trinajstić information content (AvgIpc) is 3.54. The number of nitrogens with zero attached hydrogens (tertiary/aromatic N) is 6. The third-order valence-corrected chi connectivity index (χ3v) is 5.28. The molecule has 0 aromatic carbocycles. The summed E-state index contributed by atoms with van der Waals surface area (Å²) in [6.07, 6.45) is 11.1. The summed E-state index contributed by atoms with van der Waals surface area (Å²) < 4.78 is 5.28. The van der Waals surface area contributed by atoms with Gasteiger partial charge in [0.15, 0.2) is 0 Å². The van der Waals surface area contributed by atoms with Crippen LogP contribution in [0, 0.1) is 0 Å². The lowest BCUT2D eigenvalue weighted by molar-refractivity contribution is 0.395. The number of hydrogen-bond donors (Lipinski definition) is 0. The first-order valence-corrected chi connectivity index (χ1v) is 9.48. The van der Waals surface area contributed by atoms with E-state index in [4.69, 9.17) is 4.74 Å². The predicted octanol–water partition coefficient (Wildman–Crippen LogP) is 2.48. The van der Waals surface area contributed by atoms with Gasteiger partial charge in [0, 0.05) is 43.6 Å². The van der Waals surface area contributed by atoms with Crippen molar-refractivity contribution in [2.45, 2.75) is 51.1 Å². The second-order valence-electron chi connectivity index (χ2n) is 7.02. The van der Waals surface area contributed by atoms with Crippen LogP contribution in [0.25, 0.3) is 0 Å². The normalized spacial score (nSPS) is 18.0. The number of aromatic nitrogens is 4. The fourth-order valence-corrected chi connectivity index (χ4v) is 3.65. The molecule has 0 spiro atoms. The van der Waals surface area contributed by atoms with Gasteiger partial charge in [0.1, 0.15) is 12.1 Å². The number of anilines is 2. The van der Waals surface area contributed by atoms with Crippen molar-refractivity contribution in [2.75, 3.05) is 30.0 Å². The monoisotopic (exact) mass is 354 g/mol. The molecule has 0 bridgehead atoms. The van der Waals surface area contributed by atoms with Crippen molar-refractivity contribution in [1.29, 1.82) is 0 Å². The van der Waals surface area contributed by atoms with Crippen molar-refractivity contribution in [2.24, 2.45) is 0 Å². The summed E-state index contributed by atoms with van der Waals surface area (Å²) in [5.41, 5.74) is 1.18. The molecule has 0 amide bonds. The van der Waals surface area contributed by atoms with Crippen LogP contribution in [0.15, 0.2) is 24.8 Å². The molecule has 4 rings (SSSR count). The van der Waals surface area contributed by atoms with Gasteiger partial charge in [-0.1, -0.05) is 6.92 Å². The van der Waals surface area contributed by atoms with Crippen molar-refractivity contribution in [3.05, 3.63) is 30.4 Å². The summed E-state index contributed by atoms with van der Waals surface area (Å²) in [5, 5.41) is 0. The summed E-state index contributed by atoms with van der Waals surface area (Å²) >= 11 is 0. The summed E-state index contributed by atoms with van der Waals surface area (Å²) in [7, 11) is 1.65. The molecule has 3 heterocycles. The van der Waals surface area contributed by atoms with E-state index in [1.807, 2.05) is 18.5 Å². The molecule has 0 atom stereocenters. The maximum absolute atomic E-state index is 5.28. The Balaban J connectivity index is 1.44. The second-order valence-corrected chi connectivity index (χ2v) is 7.02. The summed E-state index contributed by atoms with van der Waals surface area (Å²) in [5.74, 6) is 2.46. The van der Waals surface area contributed by atoms with Gasteiger partial charge in [-0.3, -0.25) is 0 Å². The highest BCUT2D eigenvalue weighted by atomic mass is 16.5. The van der Waals surface area contributed by atoms with Crippen LogP contribution < -0.4 is 14.5 Å². The fourth-order valence-electron chi connectivity index (χ4n) is 3.65. The lowest BCUT2D eigenvalue weighted by Gasteiger charge is -2.39. The van der Waals surface area contributed by atoms with Crippen LogP contribution in [0.1, 0.15) is 38.2 Å². The smallest absolute Gasteiger partial charge is 0.225 e. The molecule has 7 nitrogen and oxygen atoms in total. The number of aryl methyl sites for hydroxylation is 1. The third-order valence-electron chi connectivity index (χ3n) is 5.28. The Morgan fingerprint density at radius 1 is 1.04 bits per heavy atom. The quantitative estimate of drug-likeness (QED) is 0.789. The van der Waals surface area contributed by atoms with Gasteiger partial charge in [0.05, 0.1) is 7.11 Å². The van der Waals surface area contributed by atoms with Crippen LogP contribution in [0.4, 0.5) is 11.8 Å². The minimum atomic E-state index is 0.494. The Bertz CT molecular complexity index is 725. The molecule has 2 fully saturated rings. The van der Waals surface area contributed by atoms with Crippen LogP contribution in [0.5, 0.6) is 5.88 Å². The van der Waals surface area contributed by atoms with Crippen molar-refractivity contribution in [1.82, 2.24) is 19.9 Å². The Morgan fingerprint density at radius 3 is 2.35 bits per heavy atom. The van der Waals surface area contributed by atoms with Crippen LogP contribution in [0.3, 0.4) is 0 Å². The lowest BCUT2D eigenvalue weighted by atomic mass is 10.0. The van der Waals surface area contributed by atoms with Gasteiger partial charge in [-0.05, 0) is 37.7 Å². The average molecular weight is 354 g/mol. The van der Waals surface area contributed by atoms with Gasteiger partial charge in [-0.2, -0.15) is 0 Å². The van der Waals surface area contributed by atoms with Crippen molar-refractivity contribution >= 4 is 11.8 Å². The third kappa shape index (κ3) is 3.57. The standard InChI is InChI=1S/C19H26N6O/c1-3-14-11-20-19(21-12-14)24-8-6-16(7-9-24)25(15-4-5-15)17-10-18(26-2)23-13-22-17/h10-13,15-16H,3-9H2,1-2H3. The molecule has 138 valence electrons. The molecule has 1 aliphatic heterocycles. The molecule has 1 saturated heterocycles. The van der Waals surface area contributed by atoms with Crippen molar-refractivity contribution in [3.63, 3.8) is 0 Å². The summed E-state index contributed by atoms with van der Waals surface area (Å²) in [6.45, 7) is 4.07. The van der Waals surface area contributed by atoms with Gasteiger partial charge in [-0.15, -0.1) is 0 Å². The molecule has 2 aromatic heterocycles. The zero-order chi connectivity index (χ0) is 17.9. The Morgan fingerprint density at radius 2 is 1.73 bits per heavy atom. The Hall–Kier alpha value is -2.44. The molecule has 7 heteroatoms. The molecule has 0 N–H and O–H groups in total. The van der Waals surface area contributed by atoms with Gasteiger partial charge >= 0.3 is 0 Å². The number of rotatable bonds is 6. The maximum atomic E-state index is 5.28. The highest BCUT2D eigenvalue weighted by Gasteiger charge is 2.37. The zero-order valence-electron chi connectivity index (χ0n) is 15.5. The first-order valence-electron chi connectivity index (χ1n) is 9.48. The molecule has 2 aliphatic rings. The lowest BCUT2D eigenvalue weighted by Crippen LogP contribution is -2.47. The highest BCUT2D eigenvalue weighted by Crippen LogP contribution is 2.36. The Labute approximate surface area is 154 Å². The van der Waals surface area contributed by atoms with Crippen LogP contribution in [-0.4, -0.2) is 52.2 Å². The second kappa shape index (κ2) is 7.43. The molecule has 0 unspecified atom stereocenters. The predicted molar refractivity (Wildman–Crippen MR) is 101 cm³/mol. The van der Waals surface area contributed by atoms with E-state index in [1.165, 1.54) is 18.4 Å². The molecule has 26 heavy (non-hydrogen) atoms. The molecular weight excluding hydrogens is 328 g/mol. The molecule has 2 aromatic rings. The van der Waals surface area contributed by atoms with E-state index >= 15 is 0 Å². The van der Waals surface area contributed by atoms with E-state index in [-0.39, 0.29) is 0 Å². The number of hydrogen-bond acceptors (Lipinski definition) is 7. The SMILES string of the molecule is CCc1cnc(N2CCC(N(c3cc(OC)ncn3)C3CC3)CC2)nc1. The fraction of sp³-hybridized carbons (Fsp3) is 0.579. The molecule has 1 aliphatic carbocycles. The summed E-state index contributed by atoms with van der Waals surface area (Å²) in [6, 6.07) is 3.05. The van der Waals surface area contributed by atoms with Gasteiger partial charge in [0.25, 0.3) is 0 Å². The molecular formula is C19H26N6O. The Kier molecular flexibility index (Phi) is 4.86. The number of piperidine rings is 1. The van der Waals surface area contributed by atoms with Crippen molar-refractivity contribution in [3.8, 4) is 5.88 Å². The van der Waals surface area contributed by atoms with E-state index in [0.29, 0.717) is 18.0 Å². The van der Waals surface area contributed by atoms with Crippen molar-refractivity contribution < 1.29 is 4.74 Å². The van der Waals surface area contributed by atoms with E-state index in [2.05, 4.69) is 36.7 Å². The summed E-state index contributed by atoms with van der Waals surface area (Å²) in [4.78, 5) is 22.5. The van der Waals surface area contributed by atoms with Gasteiger partial charge in [0.2, 0.25) is 11.8 Å². The first-order chi connectivity index (χ1) is 12.8. The maximum Gasteiger partial charge on any atom is 0.225 e. The molecule has 1 saturated carbocycles. The first kappa shape index (κ1) is 17.0. The highest BCUT2D eigenvalue weighted by molar-refractivity contribution is 5.45. The van der Waals surface area contributed by atoms with Gasteiger partial charge in [-0.25, -0.2) is 19.9 Å². The topological polar surface area (TPSA) is 67.3 Å². The zero-order valence-corrected chi connectivity index (χ0v) is 15.5. The van der Waals surface area contributed by atoms with E-state index in [1.54, 1.807) is 13.4 Å². The largest absolute Gasteiger partial charge is 0.481 e. The van der Waals surface area contributed by atoms with Gasteiger partial charge < -0.3 is 14.5 Å². The number of ether oxygens (including phenoxy) is 1. The minimum Gasteiger partial charge on any atom is -0.481 e. The van der Waals surface area contributed by atoms with E-state index < -0.39 is 0 Å². The molecule has 0 radical (unpaired) electrons. The minimum absolute atomic E-state index is 0.494. The van der Waals surface area contributed by atoms with Crippen LogP contribution in [-0.2, 0) is 6.42 Å². The number of methoxy groups -OCH3 is 1. The van der Waals surface area contributed by atoms with Crippen LogP contribution >= 0.6 is 0 Å². The van der Waals surface area contributed by atoms with E-state index in [9.17, 15) is 0 Å². The van der Waals surface area contributed by atoms with Crippen LogP contribution in [0.2, 0.25) is 0 Å². The van der Waals surface area contributed by atoms with E-state index in [0.717, 1.165) is 44.1 Å².